The Kier molecular flexibility index (Phi) is 6.31. The van der Waals surface area contributed by atoms with E-state index >= 15 is 0 Å². The molecule has 1 aliphatic heterocycles. The summed E-state index contributed by atoms with van der Waals surface area (Å²) in [5.41, 5.74) is 1.17. The Labute approximate surface area is 111 Å². The molecule has 7 nitrogen and oxygen atoms in total. The minimum Gasteiger partial charge on any atom is -0.479 e. The molecule has 1 aliphatic rings. The Balaban J connectivity index is 2.26. The third kappa shape index (κ3) is 5.27. The molecule has 0 fully saturated rings. The minimum atomic E-state index is -1.44. The molecule has 1 heterocycles. The van der Waals surface area contributed by atoms with Crippen LogP contribution in [0.4, 0.5) is 4.79 Å². The van der Waals surface area contributed by atoms with E-state index in [1.165, 1.54) is 5.57 Å². The number of aliphatic carboxylic acids is 1. The van der Waals surface area contributed by atoms with Crippen molar-refractivity contribution in [2.24, 2.45) is 0 Å². The highest BCUT2D eigenvalue weighted by molar-refractivity contribution is 5.75. The van der Waals surface area contributed by atoms with E-state index in [2.05, 4.69) is 5.32 Å². The quantitative estimate of drug-likeness (QED) is 0.582. The molecule has 0 spiro atoms. The summed E-state index contributed by atoms with van der Waals surface area (Å²) in [5.74, 6) is -1.28. The molecular weight excluding hydrogens is 252 g/mol. The van der Waals surface area contributed by atoms with Gasteiger partial charge in [0.2, 0.25) is 0 Å². The molecule has 0 aliphatic carbocycles. The van der Waals surface area contributed by atoms with Gasteiger partial charge in [0.05, 0.1) is 6.61 Å². The highest BCUT2D eigenvalue weighted by Gasteiger charge is 2.18. The molecule has 1 rings (SSSR count). The predicted octanol–water partition coefficient (Wildman–Crippen LogP) is -0.190. The molecule has 7 heteroatoms. The number of nitrogens with one attached hydrogen (secondary N) is 1. The molecule has 0 aromatic carbocycles. The van der Waals surface area contributed by atoms with Crippen molar-refractivity contribution < 1.29 is 24.5 Å². The van der Waals surface area contributed by atoms with Gasteiger partial charge in [-0.1, -0.05) is 6.08 Å². The monoisotopic (exact) mass is 272 g/mol. The molecule has 1 atom stereocenters. The summed E-state index contributed by atoms with van der Waals surface area (Å²) in [5, 5.41) is 20.1. The zero-order valence-corrected chi connectivity index (χ0v) is 11.0. The first-order valence-corrected chi connectivity index (χ1v) is 6.15. The smallest absolute Gasteiger partial charge is 0.332 e. The van der Waals surface area contributed by atoms with Gasteiger partial charge < -0.3 is 25.2 Å². The van der Waals surface area contributed by atoms with Crippen LogP contribution in [-0.4, -0.2) is 66.6 Å². The van der Waals surface area contributed by atoms with Crippen molar-refractivity contribution in [2.45, 2.75) is 18.9 Å². The largest absolute Gasteiger partial charge is 0.479 e. The van der Waals surface area contributed by atoms with Gasteiger partial charge in [-0.3, -0.25) is 0 Å². The highest BCUT2D eigenvalue weighted by atomic mass is 16.5. The molecule has 0 saturated heterocycles. The molecular formula is C12H20N2O5. The lowest BCUT2D eigenvalue weighted by molar-refractivity contribution is -0.146. The fraction of sp³-hybridized carbons (Fsp3) is 0.667. The number of nitrogens with zero attached hydrogens (tertiary/aromatic N) is 1. The number of aliphatic hydroxyl groups is 1. The van der Waals surface area contributed by atoms with Crippen LogP contribution < -0.4 is 5.32 Å². The van der Waals surface area contributed by atoms with Crippen LogP contribution in [-0.2, 0) is 9.53 Å². The van der Waals surface area contributed by atoms with Gasteiger partial charge in [0, 0.05) is 33.2 Å². The third-order valence-corrected chi connectivity index (χ3v) is 2.90. The van der Waals surface area contributed by atoms with Gasteiger partial charge in [-0.2, -0.15) is 0 Å². The Bertz CT molecular complexity index is 356. The first kappa shape index (κ1) is 15.5. The second-order valence-corrected chi connectivity index (χ2v) is 4.37. The van der Waals surface area contributed by atoms with E-state index in [9.17, 15) is 9.59 Å². The maximum absolute atomic E-state index is 11.7. The third-order valence-electron chi connectivity index (χ3n) is 2.90. The van der Waals surface area contributed by atoms with Crippen LogP contribution in [0.15, 0.2) is 11.6 Å². The summed E-state index contributed by atoms with van der Waals surface area (Å²) in [6.07, 6.45) is 1.30. The van der Waals surface area contributed by atoms with Gasteiger partial charge in [-0.15, -0.1) is 0 Å². The highest BCUT2D eigenvalue weighted by Crippen LogP contribution is 2.10. The van der Waals surface area contributed by atoms with Crippen LogP contribution in [0, 0.1) is 0 Å². The SMILES string of the molecule is COCC1=CCN(C(=O)NCCC(O)C(=O)O)CC1. The Morgan fingerprint density at radius 2 is 2.32 bits per heavy atom. The van der Waals surface area contributed by atoms with Crippen molar-refractivity contribution in [3.63, 3.8) is 0 Å². The van der Waals surface area contributed by atoms with Crippen LogP contribution in [0.3, 0.4) is 0 Å². The standard InChI is InChI=1S/C12H20N2O5/c1-19-8-9-3-6-14(7-4-9)12(18)13-5-2-10(15)11(16)17/h3,10,15H,2,4-8H2,1H3,(H,13,18)(H,16,17). The molecule has 2 amide bonds. The van der Waals surface area contributed by atoms with Crippen LogP contribution in [0.1, 0.15) is 12.8 Å². The molecule has 0 radical (unpaired) electrons. The summed E-state index contributed by atoms with van der Waals surface area (Å²) < 4.78 is 5.02. The number of hydrogen-bond donors (Lipinski definition) is 3. The van der Waals surface area contributed by atoms with Crippen LogP contribution in [0.2, 0.25) is 0 Å². The fourth-order valence-electron chi connectivity index (χ4n) is 1.76. The van der Waals surface area contributed by atoms with Gasteiger partial charge in [-0.05, 0) is 12.0 Å². The predicted molar refractivity (Wildman–Crippen MR) is 67.8 cm³/mol. The Morgan fingerprint density at radius 1 is 1.58 bits per heavy atom. The number of amides is 2. The van der Waals surface area contributed by atoms with E-state index in [4.69, 9.17) is 14.9 Å². The van der Waals surface area contributed by atoms with E-state index in [1.807, 2.05) is 6.08 Å². The van der Waals surface area contributed by atoms with Crippen molar-refractivity contribution in [3.8, 4) is 0 Å². The lowest BCUT2D eigenvalue weighted by Crippen LogP contribution is -2.43. The molecule has 3 N–H and O–H groups in total. The number of aliphatic hydroxyl groups excluding tert-OH is 1. The topological polar surface area (TPSA) is 99.1 Å². The number of carbonyl (C=O) groups excluding carboxylic acids is 1. The molecule has 0 saturated carbocycles. The first-order valence-electron chi connectivity index (χ1n) is 6.15. The zero-order valence-electron chi connectivity index (χ0n) is 11.0. The maximum Gasteiger partial charge on any atom is 0.332 e. The zero-order chi connectivity index (χ0) is 14.3. The number of methoxy groups -OCH3 is 1. The van der Waals surface area contributed by atoms with Crippen molar-refractivity contribution >= 4 is 12.0 Å². The number of carbonyl (C=O) groups is 2. The average molecular weight is 272 g/mol. The average Bonchev–Trinajstić information content (AvgIpc) is 2.39. The lowest BCUT2D eigenvalue weighted by Gasteiger charge is -2.26. The van der Waals surface area contributed by atoms with Crippen LogP contribution in [0.5, 0.6) is 0 Å². The van der Waals surface area contributed by atoms with E-state index in [0.29, 0.717) is 19.7 Å². The molecule has 0 bridgehead atoms. The van der Waals surface area contributed by atoms with Crippen LogP contribution in [0.25, 0.3) is 0 Å². The normalized spacial score (nSPS) is 16.7. The van der Waals surface area contributed by atoms with E-state index in [1.54, 1.807) is 12.0 Å². The van der Waals surface area contributed by atoms with Crippen LogP contribution >= 0.6 is 0 Å². The Morgan fingerprint density at radius 3 is 2.84 bits per heavy atom. The summed E-state index contributed by atoms with van der Waals surface area (Å²) in [7, 11) is 1.63. The van der Waals surface area contributed by atoms with Crippen molar-refractivity contribution in [1.82, 2.24) is 10.2 Å². The molecule has 19 heavy (non-hydrogen) atoms. The number of carboxylic acids is 1. The first-order chi connectivity index (χ1) is 9.04. The van der Waals surface area contributed by atoms with Crippen molar-refractivity contribution in [2.75, 3.05) is 33.4 Å². The summed E-state index contributed by atoms with van der Waals surface area (Å²) in [6.45, 7) is 1.85. The van der Waals surface area contributed by atoms with Gasteiger partial charge in [0.1, 0.15) is 0 Å². The fourth-order valence-corrected chi connectivity index (χ4v) is 1.76. The summed E-state index contributed by atoms with van der Waals surface area (Å²) in [4.78, 5) is 23.8. The number of hydrogen-bond acceptors (Lipinski definition) is 4. The van der Waals surface area contributed by atoms with Crippen molar-refractivity contribution in [1.29, 1.82) is 0 Å². The van der Waals surface area contributed by atoms with Gasteiger partial charge in [0.25, 0.3) is 0 Å². The number of rotatable bonds is 6. The number of ether oxygens (including phenoxy) is 1. The summed E-state index contributed by atoms with van der Waals surface area (Å²) in [6, 6.07) is -0.245. The van der Waals surface area contributed by atoms with Crippen molar-refractivity contribution in [3.05, 3.63) is 11.6 Å². The number of urea groups is 1. The summed E-state index contributed by atoms with van der Waals surface area (Å²) >= 11 is 0. The van der Waals surface area contributed by atoms with E-state index in [-0.39, 0.29) is 19.0 Å². The molecule has 108 valence electrons. The second-order valence-electron chi connectivity index (χ2n) is 4.37. The lowest BCUT2D eigenvalue weighted by atomic mass is 10.1. The minimum absolute atomic E-state index is 0.000320. The van der Waals surface area contributed by atoms with Gasteiger partial charge in [0.15, 0.2) is 6.10 Å². The number of carboxylic acid groups (broad SMARTS) is 1. The second kappa shape index (κ2) is 7.75. The van der Waals surface area contributed by atoms with E-state index in [0.717, 1.165) is 6.42 Å². The van der Waals surface area contributed by atoms with Gasteiger partial charge in [-0.25, -0.2) is 9.59 Å². The molecule has 0 aromatic heterocycles. The maximum atomic E-state index is 11.7. The molecule has 0 aromatic rings. The Hall–Kier alpha value is -1.60. The molecule has 1 unspecified atom stereocenters. The van der Waals surface area contributed by atoms with E-state index < -0.39 is 12.1 Å². The van der Waals surface area contributed by atoms with Gasteiger partial charge >= 0.3 is 12.0 Å².